The van der Waals surface area contributed by atoms with E-state index in [2.05, 4.69) is 27.9 Å². The third kappa shape index (κ3) is 3.05. The number of rotatable bonds is 2. The minimum Gasteiger partial charge on any atom is -0.348 e. The van der Waals surface area contributed by atoms with Crippen LogP contribution in [0.3, 0.4) is 0 Å². The van der Waals surface area contributed by atoms with Crippen LogP contribution in [-0.4, -0.2) is 23.5 Å². The van der Waals surface area contributed by atoms with Gasteiger partial charge >= 0.3 is 0 Å². The smallest absolute Gasteiger partial charge is 0.251 e. The average molecular weight is 368 g/mol. The minimum atomic E-state index is -0.0224. The SMILES string of the molecule is O=C(NC1CCSC1)c1ccc(I)c(Cl)c1. The van der Waals surface area contributed by atoms with Gasteiger partial charge in [0.25, 0.3) is 5.91 Å². The lowest BCUT2D eigenvalue weighted by Crippen LogP contribution is -2.34. The number of benzene rings is 1. The normalized spacial score (nSPS) is 19.8. The Hall–Kier alpha value is 0.0600. The first-order chi connectivity index (χ1) is 7.66. The van der Waals surface area contributed by atoms with E-state index < -0.39 is 0 Å². The Morgan fingerprint density at radius 2 is 2.38 bits per heavy atom. The van der Waals surface area contributed by atoms with Crippen molar-refractivity contribution >= 4 is 51.9 Å². The first kappa shape index (κ1) is 12.5. The molecule has 2 nitrogen and oxygen atoms in total. The topological polar surface area (TPSA) is 29.1 Å². The van der Waals surface area contributed by atoms with E-state index in [1.54, 1.807) is 6.07 Å². The number of thioether (sulfide) groups is 1. The van der Waals surface area contributed by atoms with Crippen LogP contribution in [0.4, 0.5) is 0 Å². The van der Waals surface area contributed by atoms with Crippen LogP contribution in [0.5, 0.6) is 0 Å². The predicted molar refractivity (Wildman–Crippen MR) is 77.4 cm³/mol. The van der Waals surface area contributed by atoms with Crippen molar-refractivity contribution in [3.05, 3.63) is 32.4 Å². The Morgan fingerprint density at radius 3 is 3.00 bits per heavy atom. The average Bonchev–Trinajstić information content (AvgIpc) is 2.74. The molecule has 0 aliphatic carbocycles. The van der Waals surface area contributed by atoms with E-state index in [1.165, 1.54) is 0 Å². The highest BCUT2D eigenvalue weighted by molar-refractivity contribution is 14.1. The van der Waals surface area contributed by atoms with Crippen LogP contribution in [0, 0.1) is 3.57 Å². The summed E-state index contributed by atoms with van der Waals surface area (Å²) in [5.74, 6) is 2.13. The summed E-state index contributed by atoms with van der Waals surface area (Å²) < 4.78 is 0.965. The Bertz CT molecular complexity index is 407. The van der Waals surface area contributed by atoms with Gasteiger partial charge in [-0.25, -0.2) is 0 Å². The van der Waals surface area contributed by atoms with Crippen molar-refractivity contribution in [3.63, 3.8) is 0 Å². The van der Waals surface area contributed by atoms with Crippen molar-refractivity contribution < 1.29 is 4.79 Å². The summed E-state index contributed by atoms with van der Waals surface area (Å²) >= 11 is 10.0. The molecule has 1 fully saturated rings. The van der Waals surface area contributed by atoms with Crippen LogP contribution >= 0.6 is 46.0 Å². The van der Waals surface area contributed by atoms with Crippen molar-refractivity contribution in [1.29, 1.82) is 0 Å². The third-order valence-electron chi connectivity index (χ3n) is 2.45. The fourth-order valence-electron chi connectivity index (χ4n) is 1.55. The number of carbonyl (C=O) groups excluding carboxylic acids is 1. The number of hydrogen-bond donors (Lipinski definition) is 1. The van der Waals surface area contributed by atoms with Gasteiger partial charge in [-0.3, -0.25) is 4.79 Å². The van der Waals surface area contributed by atoms with Gasteiger partial charge in [0.15, 0.2) is 0 Å². The van der Waals surface area contributed by atoms with E-state index in [1.807, 2.05) is 23.9 Å². The Labute approximate surface area is 118 Å². The summed E-state index contributed by atoms with van der Waals surface area (Å²) in [6, 6.07) is 5.71. The van der Waals surface area contributed by atoms with E-state index in [0.717, 1.165) is 21.5 Å². The fourth-order valence-corrected chi connectivity index (χ4v) is 3.22. The second-order valence-corrected chi connectivity index (χ2v) is 6.38. The van der Waals surface area contributed by atoms with E-state index in [0.29, 0.717) is 16.6 Å². The lowest BCUT2D eigenvalue weighted by Gasteiger charge is -2.11. The molecule has 1 aliphatic heterocycles. The molecular formula is C11H11ClINOS. The van der Waals surface area contributed by atoms with E-state index in [4.69, 9.17) is 11.6 Å². The highest BCUT2D eigenvalue weighted by Crippen LogP contribution is 2.21. The second kappa shape index (κ2) is 5.60. The zero-order chi connectivity index (χ0) is 11.5. The number of hydrogen-bond acceptors (Lipinski definition) is 2. The Balaban J connectivity index is 2.05. The van der Waals surface area contributed by atoms with E-state index in [9.17, 15) is 4.79 Å². The zero-order valence-electron chi connectivity index (χ0n) is 8.50. The summed E-state index contributed by atoms with van der Waals surface area (Å²) in [5.41, 5.74) is 0.641. The first-order valence-electron chi connectivity index (χ1n) is 5.00. The maximum absolute atomic E-state index is 11.9. The molecule has 5 heteroatoms. The maximum atomic E-state index is 11.9. The molecule has 0 spiro atoms. The molecule has 1 saturated heterocycles. The molecule has 1 aliphatic rings. The van der Waals surface area contributed by atoms with Crippen molar-refractivity contribution in [2.24, 2.45) is 0 Å². The molecule has 1 aromatic carbocycles. The number of halogens is 2. The van der Waals surface area contributed by atoms with Crippen LogP contribution < -0.4 is 5.32 Å². The highest BCUT2D eigenvalue weighted by atomic mass is 127. The van der Waals surface area contributed by atoms with Crippen molar-refractivity contribution in [3.8, 4) is 0 Å². The monoisotopic (exact) mass is 367 g/mol. The number of nitrogens with one attached hydrogen (secondary N) is 1. The number of amides is 1. The molecule has 1 unspecified atom stereocenters. The standard InChI is InChI=1S/C11H11ClINOS/c12-9-5-7(1-2-10(9)13)11(15)14-8-3-4-16-6-8/h1-2,5,8H,3-4,6H2,(H,14,15). The summed E-state index contributed by atoms with van der Waals surface area (Å²) in [4.78, 5) is 11.9. The molecule has 0 bridgehead atoms. The van der Waals surface area contributed by atoms with Gasteiger partial charge in [0.2, 0.25) is 0 Å². The van der Waals surface area contributed by atoms with Gasteiger partial charge in [-0.15, -0.1) is 0 Å². The van der Waals surface area contributed by atoms with Crippen LogP contribution in [-0.2, 0) is 0 Å². The van der Waals surface area contributed by atoms with Gasteiger partial charge in [0.05, 0.1) is 5.02 Å². The summed E-state index contributed by atoms with van der Waals surface area (Å²) in [6.45, 7) is 0. The van der Waals surface area contributed by atoms with Crippen molar-refractivity contribution in [1.82, 2.24) is 5.32 Å². The van der Waals surface area contributed by atoms with Crippen molar-refractivity contribution in [2.75, 3.05) is 11.5 Å². The molecule has 1 aromatic rings. The largest absolute Gasteiger partial charge is 0.348 e. The lowest BCUT2D eigenvalue weighted by atomic mass is 10.2. The highest BCUT2D eigenvalue weighted by Gasteiger charge is 2.18. The molecule has 0 saturated carbocycles. The van der Waals surface area contributed by atoms with Gasteiger partial charge in [-0.2, -0.15) is 11.8 Å². The van der Waals surface area contributed by atoms with E-state index in [-0.39, 0.29) is 5.91 Å². The Kier molecular flexibility index (Phi) is 4.38. The molecule has 1 atom stereocenters. The predicted octanol–water partition coefficient (Wildman–Crippen LogP) is 3.18. The quantitative estimate of drug-likeness (QED) is 0.814. The lowest BCUT2D eigenvalue weighted by molar-refractivity contribution is 0.0941. The van der Waals surface area contributed by atoms with Crippen molar-refractivity contribution in [2.45, 2.75) is 12.5 Å². The number of carbonyl (C=O) groups is 1. The van der Waals surface area contributed by atoms with E-state index >= 15 is 0 Å². The summed E-state index contributed by atoms with van der Waals surface area (Å²) in [5, 5.41) is 3.65. The zero-order valence-corrected chi connectivity index (χ0v) is 12.2. The summed E-state index contributed by atoms with van der Waals surface area (Å²) in [7, 11) is 0. The molecule has 1 N–H and O–H groups in total. The van der Waals surface area contributed by atoms with Crippen LogP contribution in [0.2, 0.25) is 5.02 Å². The maximum Gasteiger partial charge on any atom is 0.251 e. The fraction of sp³-hybridized carbons (Fsp3) is 0.364. The summed E-state index contributed by atoms with van der Waals surface area (Å²) in [6.07, 6.45) is 1.06. The second-order valence-electron chi connectivity index (χ2n) is 3.66. The van der Waals surface area contributed by atoms with Crippen LogP contribution in [0.25, 0.3) is 0 Å². The molecule has 1 heterocycles. The van der Waals surface area contributed by atoms with Gasteiger partial charge in [-0.1, -0.05) is 11.6 Å². The van der Waals surface area contributed by atoms with Crippen LogP contribution in [0.1, 0.15) is 16.8 Å². The van der Waals surface area contributed by atoms with Gasteiger partial charge in [0, 0.05) is 20.9 Å². The Morgan fingerprint density at radius 1 is 1.56 bits per heavy atom. The molecule has 2 rings (SSSR count). The minimum absolute atomic E-state index is 0.0224. The molecular weight excluding hydrogens is 357 g/mol. The molecule has 86 valence electrons. The molecule has 0 aromatic heterocycles. The third-order valence-corrected chi connectivity index (χ3v) is 5.18. The molecule has 1 amide bonds. The first-order valence-corrected chi connectivity index (χ1v) is 7.61. The van der Waals surface area contributed by atoms with Gasteiger partial charge in [-0.05, 0) is 53.0 Å². The molecule has 16 heavy (non-hydrogen) atoms. The van der Waals surface area contributed by atoms with Crippen LogP contribution in [0.15, 0.2) is 18.2 Å². The van der Waals surface area contributed by atoms with Gasteiger partial charge < -0.3 is 5.32 Å². The van der Waals surface area contributed by atoms with Gasteiger partial charge in [0.1, 0.15) is 0 Å². The molecule has 0 radical (unpaired) electrons.